The van der Waals surface area contributed by atoms with Crippen LogP contribution in [0.2, 0.25) is 0 Å². The molecular formula is C21H31N3OS. The van der Waals surface area contributed by atoms with E-state index in [1.807, 2.05) is 18.9 Å². The molecule has 1 amide bonds. The van der Waals surface area contributed by atoms with Gasteiger partial charge in [0.2, 0.25) is 0 Å². The van der Waals surface area contributed by atoms with E-state index in [2.05, 4.69) is 54.9 Å². The number of hydrogen-bond acceptors (Lipinski definition) is 4. The van der Waals surface area contributed by atoms with Crippen LogP contribution in [-0.4, -0.2) is 53.9 Å². The first-order valence-corrected chi connectivity index (χ1v) is 10.4. The van der Waals surface area contributed by atoms with E-state index in [0.29, 0.717) is 0 Å². The molecule has 1 aromatic heterocycles. The van der Waals surface area contributed by atoms with Crippen molar-refractivity contribution >= 4 is 17.2 Å². The maximum atomic E-state index is 12.8. The van der Waals surface area contributed by atoms with E-state index in [9.17, 15) is 4.79 Å². The fourth-order valence-electron chi connectivity index (χ4n) is 2.93. The van der Waals surface area contributed by atoms with Gasteiger partial charge in [0.15, 0.2) is 0 Å². The lowest BCUT2D eigenvalue weighted by molar-refractivity contribution is 0.0783. The van der Waals surface area contributed by atoms with Crippen LogP contribution in [0.5, 0.6) is 0 Å². The summed E-state index contributed by atoms with van der Waals surface area (Å²) in [7, 11) is 1.88. The molecule has 0 bridgehead atoms. The van der Waals surface area contributed by atoms with Crippen molar-refractivity contribution < 1.29 is 4.79 Å². The Morgan fingerprint density at radius 1 is 1.08 bits per heavy atom. The molecule has 0 fully saturated rings. The van der Waals surface area contributed by atoms with Crippen LogP contribution in [0.3, 0.4) is 0 Å². The second-order valence-electron chi connectivity index (χ2n) is 6.63. The number of nitrogens with zero attached hydrogens (tertiary/aromatic N) is 3. The molecule has 0 N–H and O–H groups in total. The van der Waals surface area contributed by atoms with E-state index >= 15 is 0 Å². The van der Waals surface area contributed by atoms with Crippen LogP contribution < -0.4 is 0 Å². The van der Waals surface area contributed by atoms with E-state index in [4.69, 9.17) is 0 Å². The largest absolute Gasteiger partial charge is 0.340 e. The first-order valence-electron chi connectivity index (χ1n) is 9.54. The molecule has 1 aromatic carbocycles. The zero-order valence-corrected chi connectivity index (χ0v) is 17.5. The molecule has 0 spiro atoms. The minimum atomic E-state index is 0.0704. The molecule has 26 heavy (non-hydrogen) atoms. The first-order chi connectivity index (χ1) is 12.5. The number of aryl methyl sites for hydroxylation is 2. The lowest BCUT2D eigenvalue weighted by Crippen LogP contribution is -2.36. The lowest BCUT2D eigenvalue weighted by atomic mass is 10.1. The lowest BCUT2D eigenvalue weighted by Gasteiger charge is -2.22. The highest BCUT2D eigenvalue weighted by molar-refractivity contribution is 7.17. The van der Waals surface area contributed by atoms with Crippen molar-refractivity contribution in [3.05, 3.63) is 40.4 Å². The van der Waals surface area contributed by atoms with Gasteiger partial charge in [-0.1, -0.05) is 51.5 Å². The maximum Gasteiger partial charge on any atom is 0.265 e. The number of amides is 1. The molecule has 142 valence electrons. The summed E-state index contributed by atoms with van der Waals surface area (Å²) in [6.45, 7) is 12.1. The van der Waals surface area contributed by atoms with Gasteiger partial charge in [0.1, 0.15) is 9.88 Å². The van der Waals surface area contributed by atoms with E-state index in [1.165, 1.54) is 16.9 Å². The highest BCUT2D eigenvalue weighted by Crippen LogP contribution is 2.29. The summed E-state index contributed by atoms with van der Waals surface area (Å²) in [6.07, 6.45) is 2.24. The van der Waals surface area contributed by atoms with Gasteiger partial charge in [-0.25, -0.2) is 4.98 Å². The Balaban J connectivity index is 2.09. The zero-order valence-electron chi connectivity index (χ0n) is 16.7. The Morgan fingerprint density at radius 3 is 2.31 bits per heavy atom. The van der Waals surface area contributed by atoms with Crippen molar-refractivity contribution in [3.63, 3.8) is 0 Å². The summed E-state index contributed by atoms with van der Waals surface area (Å²) >= 11 is 1.50. The van der Waals surface area contributed by atoms with Gasteiger partial charge >= 0.3 is 0 Å². The monoisotopic (exact) mass is 373 g/mol. The number of likely N-dealkylation sites (N-methyl/N-ethyl adjacent to an activating group) is 2. The number of rotatable bonds is 9. The molecule has 0 aliphatic rings. The van der Waals surface area contributed by atoms with Crippen molar-refractivity contribution in [2.24, 2.45) is 0 Å². The zero-order chi connectivity index (χ0) is 19.1. The van der Waals surface area contributed by atoms with Gasteiger partial charge in [0, 0.05) is 25.7 Å². The van der Waals surface area contributed by atoms with E-state index in [1.54, 1.807) is 0 Å². The van der Waals surface area contributed by atoms with Gasteiger partial charge in [-0.2, -0.15) is 0 Å². The Bertz CT molecular complexity index is 705. The van der Waals surface area contributed by atoms with Crippen LogP contribution in [0.4, 0.5) is 0 Å². The summed E-state index contributed by atoms with van der Waals surface area (Å²) in [6, 6.07) is 8.55. The average Bonchev–Trinajstić information content (AvgIpc) is 3.04. The predicted octanol–water partition coefficient (Wildman–Crippen LogP) is 4.48. The van der Waals surface area contributed by atoms with Crippen LogP contribution in [-0.2, 0) is 6.42 Å². The van der Waals surface area contributed by atoms with Gasteiger partial charge < -0.3 is 9.80 Å². The Labute approximate surface area is 161 Å². The molecule has 0 atom stereocenters. The third-order valence-corrected chi connectivity index (χ3v) is 5.92. The van der Waals surface area contributed by atoms with Crippen molar-refractivity contribution in [2.75, 3.05) is 33.2 Å². The summed E-state index contributed by atoms with van der Waals surface area (Å²) in [4.78, 5) is 22.4. The molecule has 0 saturated carbocycles. The number of carbonyl (C=O) groups excluding carboxylic acids is 1. The molecule has 5 heteroatoms. The summed E-state index contributed by atoms with van der Waals surface area (Å²) in [5, 5.41) is 0.922. The molecule has 2 aromatic rings. The summed E-state index contributed by atoms with van der Waals surface area (Å²) in [5.74, 6) is 0.0704. The van der Waals surface area contributed by atoms with Crippen molar-refractivity contribution in [2.45, 2.75) is 40.5 Å². The van der Waals surface area contributed by atoms with Gasteiger partial charge in [0.25, 0.3) is 5.91 Å². The normalized spacial score (nSPS) is 11.2. The molecular weight excluding hydrogens is 342 g/mol. The first kappa shape index (κ1) is 20.6. The van der Waals surface area contributed by atoms with Crippen LogP contribution in [0.1, 0.15) is 48.1 Å². The Kier molecular flexibility index (Phi) is 7.79. The Morgan fingerprint density at radius 2 is 1.73 bits per heavy atom. The SMILES string of the molecule is CCCc1ccc(-c2nc(C)c(C(=O)N(C)CCN(CC)CC)s2)cc1. The third kappa shape index (κ3) is 5.15. The van der Waals surface area contributed by atoms with Crippen LogP contribution >= 0.6 is 11.3 Å². The molecule has 0 radical (unpaired) electrons. The fraction of sp³-hybridized carbons (Fsp3) is 0.524. The second-order valence-corrected chi connectivity index (χ2v) is 7.63. The van der Waals surface area contributed by atoms with Crippen molar-refractivity contribution in [1.29, 1.82) is 0 Å². The summed E-state index contributed by atoms with van der Waals surface area (Å²) < 4.78 is 0. The maximum absolute atomic E-state index is 12.8. The molecule has 0 unspecified atom stereocenters. The number of thiazole rings is 1. The van der Waals surface area contributed by atoms with Crippen molar-refractivity contribution in [1.82, 2.24) is 14.8 Å². The predicted molar refractivity (Wildman–Crippen MR) is 111 cm³/mol. The molecule has 0 aliphatic carbocycles. The van der Waals surface area contributed by atoms with Gasteiger partial charge in [-0.3, -0.25) is 4.79 Å². The molecule has 1 heterocycles. The molecule has 4 nitrogen and oxygen atoms in total. The standard InChI is InChI=1S/C21H31N3OS/c1-6-9-17-10-12-18(13-11-17)20-22-16(4)19(26-20)21(25)23(5)14-15-24(7-2)8-3/h10-13H,6-9,14-15H2,1-5H3. The number of carbonyl (C=O) groups is 1. The van der Waals surface area contributed by atoms with Crippen LogP contribution in [0.15, 0.2) is 24.3 Å². The second kappa shape index (κ2) is 9.83. The third-order valence-electron chi connectivity index (χ3n) is 4.72. The average molecular weight is 374 g/mol. The topological polar surface area (TPSA) is 36.4 Å². The minimum absolute atomic E-state index is 0.0704. The molecule has 0 aliphatic heterocycles. The van der Waals surface area contributed by atoms with E-state index in [-0.39, 0.29) is 5.91 Å². The fourth-order valence-corrected chi connectivity index (χ4v) is 3.99. The smallest absolute Gasteiger partial charge is 0.265 e. The van der Waals surface area contributed by atoms with Crippen molar-refractivity contribution in [3.8, 4) is 10.6 Å². The quantitative estimate of drug-likeness (QED) is 0.650. The summed E-state index contributed by atoms with van der Waals surface area (Å²) in [5.41, 5.74) is 3.25. The van der Waals surface area contributed by atoms with Crippen LogP contribution in [0.25, 0.3) is 10.6 Å². The Hall–Kier alpha value is -1.72. The molecule has 0 saturated heterocycles. The number of aromatic nitrogens is 1. The number of benzene rings is 1. The minimum Gasteiger partial charge on any atom is -0.340 e. The van der Waals surface area contributed by atoms with E-state index < -0.39 is 0 Å². The van der Waals surface area contributed by atoms with E-state index in [0.717, 1.165) is 60.2 Å². The van der Waals surface area contributed by atoms with Gasteiger partial charge in [-0.15, -0.1) is 11.3 Å². The molecule has 2 rings (SSSR count). The highest BCUT2D eigenvalue weighted by atomic mass is 32.1. The highest BCUT2D eigenvalue weighted by Gasteiger charge is 2.20. The number of hydrogen-bond donors (Lipinski definition) is 0. The van der Waals surface area contributed by atoms with Gasteiger partial charge in [-0.05, 0) is 32.0 Å². The van der Waals surface area contributed by atoms with Crippen LogP contribution in [0, 0.1) is 6.92 Å². The van der Waals surface area contributed by atoms with Gasteiger partial charge in [0.05, 0.1) is 5.69 Å².